The molecule has 0 amide bonds. The van der Waals surface area contributed by atoms with Crippen molar-refractivity contribution in [3.63, 3.8) is 0 Å². The lowest BCUT2D eigenvalue weighted by Gasteiger charge is -2.24. The zero-order chi connectivity index (χ0) is 16.4. The van der Waals surface area contributed by atoms with E-state index < -0.39 is 35.1 Å². The topological polar surface area (TPSA) is 34.1 Å². The first-order valence-corrected chi connectivity index (χ1v) is 7.51. The number of halogens is 3. The summed E-state index contributed by atoms with van der Waals surface area (Å²) >= 11 is 0. The average Bonchev–Trinajstić information content (AvgIpc) is 3.10. The number of benzene rings is 1. The van der Waals surface area contributed by atoms with Gasteiger partial charge in [0.05, 0.1) is 0 Å². The molecule has 3 nitrogen and oxygen atoms in total. The highest BCUT2D eigenvalue weighted by molar-refractivity contribution is 5.27. The second-order valence-corrected chi connectivity index (χ2v) is 5.66. The van der Waals surface area contributed by atoms with E-state index in [1.165, 1.54) is 0 Å². The van der Waals surface area contributed by atoms with Gasteiger partial charge in [-0.1, -0.05) is 30.3 Å². The molecule has 2 heterocycles. The number of hydrogen-bond acceptors (Lipinski definition) is 3. The van der Waals surface area contributed by atoms with E-state index in [0.717, 1.165) is 25.5 Å². The monoisotopic (exact) mass is 322 g/mol. The molecule has 0 unspecified atom stereocenters. The summed E-state index contributed by atoms with van der Waals surface area (Å²) in [7, 11) is 0. The number of aromatic nitrogens is 1. The second kappa shape index (κ2) is 6.58. The Labute approximate surface area is 132 Å². The van der Waals surface area contributed by atoms with E-state index in [-0.39, 0.29) is 5.92 Å². The van der Waals surface area contributed by atoms with Crippen LogP contribution < -0.4 is 10.1 Å². The summed E-state index contributed by atoms with van der Waals surface area (Å²) in [5.74, 6) is -3.99. The van der Waals surface area contributed by atoms with Crippen molar-refractivity contribution in [2.24, 2.45) is 5.92 Å². The first kappa shape index (κ1) is 15.8. The van der Waals surface area contributed by atoms with Crippen LogP contribution in [0.1, 0.15) is 23.7 Å². The molecule has 1 fully saturated rings. The summed E-state index contributed by atoms with van der Waals surface area (Å²) in [6.07, 6.45) is 0.376. The Morgan fingerprint density at radius 1 is 1.17 bits per heavy atom. The Morgan fingerprint density at radius 2 is 1.91 bits per heavy atom. The zero-order valence-electron chi connectivity index (χ0n) is 12.7. The lowest BCUT2D eigenvalue weighted by Crippen LogP contribution is -2.22. The van der Waals surface area contributed by atoms with Gasteiger partial charge < -0.3 is 10.1 Å². The number of nitrogens with one attached hydrogen (secondary N) is 1. The minimum Gasteiger partial charge on any atom is -0.467 e. The lowest BCUT2D eigenvalue weighted by molar-refractivity contribution is 0.128. The van der Waals surface area contributed by atoms with Crippen LogP contribution in [-0.2, 0) is 0 Å². The number of rotatable bonds is 4. The molecule has 0 radical (unpaired) electrons. The Balaban J connectivity index is 1.96. The van der Waals surface area contributed by atoms with Crippen LogP contribution in [0.4, 0.5) is 13.2 Å². The van der Waals surface area contributed by atoms with Gasteiger partial charge in [0.2, 0.25) is 0 Å². The van der Waals surface area contributed by atoms with E-state index in [1.54, 1.807) is 0 Å². The van der Waals surface area contributed by atoms with E-state index in [9.17, 15) is 13.2 Å². The number of pyridine rings is 1. The Bertz CT molecular complexity index is 688. The maximum atomic E-state index is 14.2. The van der Waals surface area contributed by atoms with Crippen LogP contribution in [0.25, 0.3) is 0 Å². The highest BCUT2D eigenvalue weighted by Gasteiger charge is 2.30. The molecule has 6 heteroatoms. The molecule has 122 valence electrons. The third kappa shape index (κ3) is 3.17. The van der Waals surface area contributed by atoms with Crippen molar-refractivity contribution in [3.05, 3.63) is 59.0 Å². The fourth-order valence-corrected chi connectivity index (χ4v) is 2.81. The molecule has 0 spiro atoms. The number of ether oxygens (including phenoxy) is 1. The van der Waals surface area contributed by atoms with Gasteiger partial charge in [0.1, 0.15) is 6.10 Å². The number of hydrogen-bond donors (Lipinski definition) is 1. The Morgan fingerprint density at radius 3 is 2.57 bits per heavy atom. The second-order valence-electron chi connectivity index (χ2n) is 5.66. The summed E-state index contributed by atoms with van der Waals surface area (Å²) in [4.78, 5) is 3.31. The van der Waals surface area contributed by atoms with E-state index in [4.69, 9.17) is 4.74 Å². The first-order chi connectivity index (χ1) is 11.1. The standard InChI is InChI=1S/C17H17F3N2O/c1-10-13(18)16(20)22-17(14(10)19)23-15(12-7-8-21-9-12)11-5-3-2-4-6-11/h2-6,12,15,21H,7-9H2,1H3/t12-,15-/m0/s1. The van der Waals surface area contributed by atoms with Crippen LogP contribution in [0.15, 0.2) is 30.3 Å². The fraction of sp³-hybridized carbons (Fsp3) is 0.353. The van der Waals surface area contributed by atoms with E-state index in [0.29, 0.717) is 6.54 Å². The highest BCUT2D eigenvalue weighted by atomic mass is 19.2. The average molecular weight is 322 g/mol. The van der Waals surface area contributed by atoms with Gasteiger partial charge in [-0.2, -0.15) is 9.37 Å². The third-order valence-electron chi connectivity index (χ3n) is 4.12. The van der Waals surface area contributed by atoms with Crippen molar-refractivity contribution in [3.8, 4) is 5.88 Å². The van der Waals surface area contributed by atoms with Gasteiger partial charge in [-0.15, -0.1) is 0 Å². The van der Waals surface area contributed by atoms with E-state index in [2.05, 4.69) is 10.3 Å². The van der Waals surface area contributed by atoms with Gasteiger partial charge in [0.15, 0.2) is 11.6 Å². The minimum atomic E-state index is -1.35. The van der Waals surface area contributed by atoms with Crippen LogP contribution in [0, 0.1) is 30.4 Å². The molecule has 1 aromatic heterocycles. The molecule has 1 aromatic carbocycles. The molecule has 1 aliphatic heterocycles. The Kier molecular flexibility index (Phi) is 4.52. The fourth-order valence-electron chi connectivity index (χ4n) is 2.81. The number of nitrogens with zero attached hydrogens (tertiary/aromatic N) is 1. The smallest absolute Gasteiger partial charge is 0.254 e. The molecule has 23 heavy (non-hydrogen) atoms. The molecule has 3 rings (SSSR count). The van der Waals surface area contributed by atoms with Crippen LogP contribution in [0.3, 0.4) is 0 Å². The van der Waals surface area contributed by atoms with Gasteiger partial charge in [-0.25, -0.2) is 8.78 Å². The van der Waals surface area contributed by atoms with Crippen LogP contribution >= 0.6 is 0 Å². The highest BCUT2D eigenvalue weighted by Crippen LogP contribution is 2.33. The molecule has 1 N–H and O–H groups in total. The molecule has 0 saturated carbocycles. The maximum absolute atomic E-state index is 14.2. The normalized spacial score (nSPS) is 18.9. The summed E-state index contributed by atoms with van der Waals surface area (Å²) in [5, 5.41) is 3.23. The maximum Gasteiger partial charge on any atom is 0.254 e. The zero-order valence-corrected chi connectivity index (χ0v) is 12.7. The Hall–Kier alpha value is -2.08. The van der Waals surface area contributed by atoms with Crippen molar-refractivity contribution in [1.82, 2.24) is 10.3 Å². The molecule has 0 bridgehead atoms. The van der Waals surface area contributed by atoms with E-state index in [1.807, 2.05) is 30.3 Å². The van der Waals surface area contributed by atoms with E-state index >= 15 is 0 Å². The van der Waals surface area contributed by atoms with Crippen molar-refractivity contribution < 1.29 is 17.9 Å². The third-order valence-corrected chi connectivity index (χ3v) is 4.12. The largest absolute Gasteiger partial charge is 0.467 e. The minimum absolute atomic E-state index is 0.104. The predicted molar refractivity (Wildman–Crippen MR) is 79.6 cm³/mol. The van der Waals surface area contributed by atoms with Gasteiger partial charge >= 0.3 is 0 Å². The van der Waals surface area contributed by atoms with Crippen molar-refractivity contribution in [2.45, 2.75) is 19.4 Å². The molecule has 2 aromatic rings. The summed E-state index contributed by atoms with van der Waals surface area (Å²) < 4.78 is 46.8. The van der Waals surface area contributed by atoms with Crippen molar-refractivity contribution >= 4 is 0 Å². The molecule has 1 saturated heterocycles. The summed E-state index contributed by atoms with van der Waals surface area (Å²) in [5.41, 5.74) is 0.425. The SMILES string of the molecule is Cc1c(F)c(F)nc(O[C@@H](c2ccccc2)[C@H]2CCNC2)c1F. The van der Waals surface area contributed by atoms with Crippen molar-refractivity contribution in [2.75, 3.05) is 13.1 Å². The molecular weight excluding hydrogens is 305 g/mol. The van der Waals surface area contributed by atoms with Gasteiger partial charge in [0, 0.05) is 18.0 Å². The molecular formula is C17H17F3N2O. The molecule has 2 atom stereocenters. The molecule has 1 aliphatic rings. The van der Waals surface area contributed by atoms with Gasteiger partial charge in [0.25, 0.3) is 11.8 Å². The van der Waals surface area contributed by atoms with Crippen LogP contribution in [-0.4, -0.2) is 18.1 Å². The summed E-state index contributed by atoms with van der Waals surface area (Å²) in [6, 6.07) is 9.32. The first-order valence-electron chi connectivity index (χ1n) is 7.51. The quantitative estimate of drug-likeness (QED) is 0.874. The molecule has 0 aliphatic carbocycles. The predicted octanol–water partition coefficient (Wildman–Crippen LogP) is 3.54. The van der Waals surface area contributed by atoms with Crippen LogP contribution in [0.2, 0.25) is 0 Å². The van der Waals surface area contributed by atoms with Crippen molar-refractivity contribution in [1.29, 1.82) is 0 Å². The van der Waals surface area contributed by atoms with Gasteiger partial charge in [-0.05, 0) is 25.5 Å². The lowest BCUT2D eigenvalue weighted by atomic mass is 9.95. The summed E-state index contributed by atoms with van der Waals surface area (Å²) in [6.45, 7) is 2.71. The van der Waals surface area contributed by atoms with Gasteiger partial charge in [-0.3, -0.25) is 0 Å². The van der Waals surface area contributed by atoms with Crippen LogP contribution in [0.5, 0.6) is 5.88 Å².